The van der Waals surface area contributed by atoms with Crippen LogP contribution in [0.2, 0.25) is 0 Å². The minimum atomic E-state index is -3.45. The van der Waals surface area contributed by atoms with Crippen LogP contribution in [0, 0.1) is 0 Å². The lowest BCUT2D eigenvalue weighted by atomic mass is 10.5. The highest BCUT2D eigenvalue weighted by atomic mass is 27.4. The molecule has 0 N–H and O–H groups in total. The van der Waals surface area contributed by atoms with E-state index in [0.29, 0.717) is 19.3 Å². The number of carbonyl (C=O) groups excluding carboxylic acids is 6. The van der Waals surface area contributed by atoms with Crippen LogP contribution in [0.5, 0.6) is 0 Å². The summed E-state index contributed by atoms with van der Waals surface area (Å²) in [6.07, 6.45) is 6.57. The minimum Gasteiger partial charge on any atom is -0.571 e. The van der Waals surface area contributed by atoms with Gasteiger partial charge in [-0.1, -0.05) is 20.8 Å². The van der Waals surface area contributed by atoms with Crippen molar-refractivity contribution in [1.82, 2.24) is 0 Å². The second-order valence-electron chi connectivity index (χ2n) is 7.09. The van der Waals surface area contributed by atoms with Crippen molar-refractivity contribution in [3.8, 4) is 0 Å². The Kier molecular flexibility index (Phi) is 18.1. The molecule has 0 radical (unpaired) electrons. The van der Waals surface area contributed by atoms with Crippen LogP contribution < -0.4 is 0 Å². The van der Waals surface area contributed by atoms with Gasteiger partial charge in [-0.2, -0.15) is 0 Å². The normalized spacial score (nSPS) is 13.5. The van der Waals surface area contributed by atoms with E-state index in [-0.39, 0.29) is 19.8 Å². The second-order valence-corrected chi connectivity index (χ2v) is 12.8. The molecule has 15 nitrogen and oxygen atoms in total. The van der Waals surface area contributed by atoms with Gasteiger partial charge in [-0.25, -0.2) is 14.4 Å². The zero-order valence-corrected chi connectivity index (χ0v) is 25.0. The van der Waals surface area contributed by atoms with Gasteiger partial charge in [-0.05, 0) is 19.3 Å². The Morgan fingerprint density at radius 2 is 0.692 bits per heavy atom. The third-order valence-electron chi connectivity index (χ3n) is 3.72. The van der Waals surface area contributed by atoms with Crippen molar-refractivity contribution in [3.05, 3.63) is 36.5 Å². The molecule has 0 bridgehead atoms. The van der Waals surface area contributed by atoms with Gasteiger partial charge in [0, 0.05) is 36.5 Å². The smallest absolute Gasteiger partial charge is 0.571 e. The lowest BCUT2D eigenvalue weighted by molar-refractivity contribution is -0.139. The summed E-state index contributed by atoms with van der Waals surface area (Å²) in [5.41, 5.74) is 0. The molecule has 0 aliphatic carbocycles. The molecular formula is C21H27Al3O15. The summed E-state index contributed by atoms with van der Waals surface area (Å²) in [4.78, 5) is 70.8. The predicted molar refractivity (Wildman–Crippen MR) is 130 cm³/mol. The Balaban J connectivity index is 2.83. The molecule has 39 heavy (non-hydrogen) atoms. The number of rotatable bonds is 15. The van der Waals surface area contributed by atoms with Crippen molar-refractivity contribution in [1.29, 1.82) is 0 Å². The first-order valence-electron chi connectivity index (χ1n) is 11.8. The molecule has 1 aliphatic heterocycles. The van der Waals surface area contributed by atoms with Gasteiger partial charge in [0.25, 0.3) is 17.9 Å². The van der Waals surface area contributed by atoms with Gasteiger partial charge in [0.05, 0.1) is 19.8 Å². The van der Waals surface area contributed by atoms with Crippen molar-refractivity contribution in [2.45, 2.75) is 40.0 Å². The van der Waals surface area contributed by atoms with Crippen molar-refractivity contribution in [3.63, 3.8) is 0 Å². The van der Waals surface area contributed by atoms with Gasteiger partial charge in [0.15, 0.2) is 0 Å². The molecule has 1 fully saturated rings. The minimum absolute atomic E-state index is 0.159. The average molecular weight is 600 g/mol. The molecule has 1 rings (SSSR count). The summed E-state index contributed by atoms with van der Waals surface area (Å²) in [6.45, 7) is 5.85. The molecule has 1 aliphatic rings. The molecule has 0 unspecified atom stereocenters. The number of ether oxygens (including phenoxy) is 3. The van der Waals surface area contributed by atoms with E-state index >= 15 is 0 Å². The summed E-state index contributed by atoms with van der Waals surface area (Å²) < 4.78 is 45.5. The fourth-order valence-electron chi connectivity index (χ4n) is 2.10. The highest BCUT2D eigenvalue weighted by Gasteiger charge is 2.62. The van der Waals surface area contributed by atoms with Crippen LogP contribution in [-0.4, -0.2) is 101 Å². The van der Waals surface area contributed by atoms with Crippen molar-refractivity contribution in [2.75, 3.05) is 19.8 Å². The Morgan fingerprint density at radius 3 is 0.923 bits per heavy atom. The second kappa shape index (κ2) is 20.4. The predicted octanol–water partition coefficient (Wildman–Crippen LogP) is 0.162. The quantitative estimate of drug-likeness (QED) is 0.107. The SMILES string of the molecule is CCCOC(=O)/C=C/C(=O)[O][Al]1[O][Al]([O]C(=O)/C=C/C(=O)OCCC)[O][Al]([O]C(=O)/C=C/C(=O)OCCC)[O]1. The van der Waals surface area contributed by atoms with Crippen LogP contribution in [0.4, 0.5) is 0 Å². The van der Waals surface area contributed by atoms with E-state index in [0.717, 1.165) is 36.5 Å². The number of hydrogen-bond donors (Lipinski definition) is 0. The maximum absolute atomic E-state index is 12.1. The van der Waals surface area contributed by atoms with Crippen LogP contribution in [0.15, 0.2) is 36.5 Å². The van der Waals surface area contributed by atoms with Gasteiger partial charge >= 0.3 is 63.4 Å². The van der Waals surface area contributed by atoms with E-state index in [1.165, 1.54) is 0 Å². The van der Waals surface area contributed by atoms with Crippen LogP contribution >= 0.6 is 0 Å². The van der Waals surface area contributed by atoms with Crippen molar-refractivity contribution < 1.29 is 62.9 Å². The molecule has 0 aromatic heterocycles. The lowest BCUT2D eigenvalue weighted by Gasteiger charge is -2.25. The van der Waals surface area contributed by atoms with Crippen LogP contribution in [0.3, 0.4) is 0 Å². The Hall–Kier alpha value is -2.48. The highest BCUT2D eigenvalue weighted by molar-refractivity contribution is 6.68. The first-order chi connectivity index (χ1) is 18.7. The summed E-state index contributed by atoms with van der Waals surface area (Å²) in [5.74, 6) is -5.47. The maximum Gasteiger partial charge on any atom is 0.949 e. The van der Waals surface area contributed by atoms with Gasteiger partial charge in [0.1, 0.15) is 0 Å². The molecule has 18 heteroatoms. The van der Waals surface area contributed by atoms with Crippen molar-refractivity contribution in [2.24, 2.45) is 0 Å². The third kappa shape index (κ3) is 17.0. The summed E-state index contributed by atoms with van der Waals surface area (Å²) in [7, 11) is 0. The van der Waals surface area contributed by atoms with E-state index in [4.69, 9.17) is 34.1 Å². The topological polar surface area (TPSA) is 185 Å². The van der Waals surface area contributed by atoms with E-state index in [2.05, 4.69) is 0 Å². The number of esters is 3. The molecule has 210 valence electrons. The van der Waals surface area contributed by atoms with Crippen molar-refractivity contribution >= 4 is 81.3 Å². The Bertz CT molecular complexity index is 824. The number of hydrogen-bond acceptors (Lipinski definition) is 15. The van der Waals surface area contributed by atoms with E-state index in [1.54, 1.807) is 20.8 Å². The molecule has 0 aromatic rings. The molecule has 0 amide bonds. The Labute approximate surface area is 239 Å². The van der Waals surface area contributed by atoms with Gasteiger partial charge in [-0.15, -0.1) is 0 Å². The largest absolute Gasteiger partial charge is 0.949 e. The maximum atomic E-state index is 12.1. The molecule has 0 saturated carbocycles. The fraction of sp³-hybridized carbons (Fsp3) is 0.429. The molecule has 1 heterocycles. The lowest BCUT2D eigenvalue weighted by Crippen LogP contribution is -2.54. The van der Waals surface area contributed by atoms with Crippen LogP contribution in [0.1, 0.15) is 40.0 Å². The zero-order valence-electron chi connectivity index (χ0n) is 21.6. The zero-order chi connectivity index (χ0) is 29.0. The first-order valence-corrected chi connectivity index (χ1v) is 16.0. The molecule has 1 saturated heterocycles. The number of carbonyl (C=O) groups is 6. The molecule has 0 spiro atoms. The monoisotopic (exact) mass is 600 g/mol. The van der Waals surface area contributed by atoms with E-state index in [1.807, 2.05) is 0 Å². The molecular weight excluding hydrogens is 573 g/mol. The standard InChI is InChI=1S/3C7H10O4.3Al.3O/c3*1-2-5-11-7(10)4-3-6(8)9;;;;;;/h3*3-4H,2,5H2,1H3,(H,8,9);;;;;;/q;;;3*+1;;;/p-3/b3*4-3+;;;;;;. The first kappa shape index (κ1) is 34.5. The summed E-state index contributed by atoms with van der Waals surface area (Å²) in [5, 5.41) is 0. The summed E-state index contributed by atoms with van der Waals surface area (Å²) >= 11 is -10.4. The third-order valence-corrected chi connectivity index (χ3v) is 10.3. The summed E-state index contributed by atoms with van der Waals surface area (Å²) in [6, 6.07) is 0. The Morgan fingerprint density at radius 1 is 0.462 bits per heavy atom. The van der Waals surface area contributed by atoms with Gasteiger partial charge < -0.3 is 34.1 Å². The van der Waals surface area contributed by atoms with E-state index in [9.17, 15) is 28.8 Å². The molecule has 0 aromatic carbocycles. The molecule has 0 atom stereocenters. The van der Waals surface area contributed by atoms with E-state index < -0.39 is 81.3 Å². The van der Waals surface area contributed by atoms with Crippen LogP contribution in [-0.2, 0) is 62.9 Å². The van der Waals surface area contributed by atoms with Crippen LogP contribution in [0.25, 0.3) is 0 Å². The highest BCUT2D eigenvalue weighted by Crippen LogP contribution is 2.13. The fourth-order valence-corrected chi connectivity index (χ4v) is 8.92. The average Bonchev–Trinajstić information content (AvgIpc) is 2.90. The van der Waals surface area contributed by atoms with Gasteiger partial charge in [-0.3, -0.25) is 14.4 Å². The van der Waals surface area contributed by atoms with Gasteiger partial charge in [0.2, 0.25) is 0 Å².